The van der Waals surface area contributed by atoms with Gasteiger partial charge in [-0.1, -0.05) is 6.07 Å². The molecule has 1 atom stereocenters. The van der Waals surface area contributed by atoms with E-state index in [0.29, 0.717) is 18.3 Å². The SMILES string of the molecule is O=C(NCc1cccnc1)[C@@H]1CCCN(C2CCN(C(=O)c3cscn3)CC2)C1. The fourth-order valence-corrected chi connectivity index (χ4v) is 4.83. The Bertz CT molecular complexity index is 806. The lowest BCUT2D eigenvalue weighted by molar-refractivity contribution is -0.127. The van der Waals surface area contributed by atoms with Gasteiger partial charge in [-0.2, -0.15) is 0 Å². The number of amides is 2. The van der Waals surface area contributed by atoms with Gasteiger partial charge in [-0.3, -0.25) is 19.5 Å². The second-order valence-corrected chi connectivity index (χ2v) is 8.53. The van der Waals surface area contributed by atoms with Crippen LogP contribution in [0, 0.1) is 5.92 Å². The second-order valence-electron chi connectivity index (χ2n) is 7.81. The van der Waals surface area contributed by atoms with Crippen molar-refractivity contribution in [1.29, 1.82) is 0 Å². The molecule has 2 aromatic rings. The number of hydrogen-bond acceptors (Lipinski definition) is 6. The number of rotatable bonds is 5. The number of aromatic nitrogens is 2. The molecule has 4 heterocycles. The van der Waals surface area contributed by atoms with E-state index in [4.69, 9.17) is 0 Å². The average molecular weight is 414 g/mol. The zero-order chi connectivity index (χ0) is 20.1. The monoisotopic (exact) mass is 413 g/mol. The fourth-order valence-electron chi connectivity index (χ4n) is 4.30. The van der Waals surface area contributed by atoms with E-state index in [9.17, 15) is 9.59 Å². The summed E-state index contributed by atoms with van der Waals surface area (Å²) < 4.78 is 0. The van der Waals surface area contributed by atoms with Gasteiger partial charge in [0, 0.05) is 50.0 Å². The first kappa shape index (κ1) is 20.0. The molecule has 154 valence electrons. The van der Waals surface area contributed by atoms with Gasteiger partial charge in [-0.15, -0.1) is 11.3 Å². The van der Waals surface area contributed by atoms with Crippen LogP contribution >= 0.6 is 11.3 Å². The molecule has 2 saturated heterocycles. The van der Waals surface area contributed by atoms with Crippen molar-refractivity contribution in [1.82, 2.24) is 25.1 Å². The first-order valence-corrected chi connectivity index (χ1v) is 11.2. The van der Waals surface area contributed by atoms with Crippen LogP contribution in [0.3, 0.4) is 0 Å². The summed E-state index contributed by atoms with van der Waals surface area (Å²) in [7, 11) is 0. The molecular formula is C21H27N5O2S. The molecule has 0 bridgehead atoms. The summed E-state index contributed by atoms with van der Waals surface area (Å²) >= 11 is 1.45. The van der Waals surface area contributed by atoms with Gasteiger partial charge >= 0.3 is 0 Å². The predicted molar refractivity (Wildman–Crippen MR) is 111 cm³/mol. The van der Waals surface area contributed by atoms with Crippen LogP contribution < -0.4 is 5.32 Å². The van der Waals surface area contributed by atoms with Crippen LogP contribution in [0.1, 0.15) is 41.7 Å². The standard InChI is InChI=1S/C21H27N5O2S/c27-20(23-12-16-3-1-7-22-11-16)17-4-2-8-26(13-17)18-5-9-25(10-6-18)21(28)19-14-29-15-24-19/h1,3,7,11,14-15,17-18H,2,4-6,8-10,12-13H2,(H,23,27)/t17-/m1/s1. The molecular weight excluding hydrogens is 386 g/mol. The smallest absolute Gasteiger partial charge is 0.273 e. The quantitative estimate of drug-likeness (QED) is 0.813. The van der Waals surface area contributed by atoms with Gasteiger partial charge in [0.1, 0.15) is 5.69 Å². The van der Waals surface area contributed by atoms with Gasteiger partial charge in [0.2, 0.25) is 5.91 Å². The Labute approximate surface area is 175 Å². The Morgan fingerprint density at radius 1 is 1.21 bits per heavy atom. The summed E-state index contributed by atoms with van der Waals surface area (Å²) in [4.78, 5) is 37.7. The molecule has 1 N–H and O–H groups in total. The lowest BCUT2D eigenvalue weighted by Gasteiger charge is -2.41. The average Bonchev–Trinajstić information content (AvgIpc) is 3.33. The number of nitrogens with zero attached hydrogens (tertiary/aromatic N) is 4. The number of nitrogens with one attached hydrogen (secondary N) is 1. The predicted octanol–water partition coefficient (Wildman–Crippen LogP) is 2.17. The summed E-state index contributed by atoms with van der Waals surface area (Å²) in [5, 5.41) is 4.88. The van der Waals surface area contributed by atoms with Gasteiger partial charge in [-0.05, 0) is 43.9 Å². The van der Waals surface area contributed by atoms with Crippen molar-refractivity contribution in [3.8, 4) is 0 Å². The topological polar surface area (TPSA) is 78.4 Å². The van der Waals surface area contributed by atoms with Gasteiger partial charge in [0.05, 0.1) is 11.4 Å². The summed E-state index contributed by atoms with van der Waals surface area (Å²) in [5.41, 5.74) is 3.27. The lowest BCUT2D eigenvalue weighted by Crippen LogP contribution is -2.51. The number of pyridine rings is 1. The van der Waals surface area contributed by atoms with Crippen molar-refractivity contribution in [2.75, 3.05) is 26.2 Å². The minimum Gasteiger partial charge on any atom is -0.352 e. The number of hydrogen-bond donors (Lipinski definition) is 1. The molecule has 29 heavy (non-hydrogen) atoms. The first-order valence-electron chi connectivity index (χ1n) is 10.3. The molecule has 0 unspecified atom stereocenters. The minimum atomic E-state index is 0.0371. The van der Waals surface area contributed by atoms with Crippen LogP contribution in [0.2, 0.25) is 0 Å². The summed E-state index contributed by atoms with van der Waals surface area (Å²) in [6, 6.07) is 4.31. The Morgan fingerprint density at radius 2 is 2.07 bits per heavy atom. The molecule has 2 aliphatic heterocycles. The maximum atomic E-state index is 12.7. The van der Waals surface area contributed by atoms with Crippen LogP contribution in [0.25, 0.3) is 0 Å². The fraction of sp³-hybridized carbons (Fsp3) is 0.524. The van der Waals surface area contributed by atoms with E-state index in [1.165, 1.54) is 11.3 Å². The van der Waals surface area contributed by atoms with E-state index in [2.05, 4.69) is 20.2 Å². The highest BCUT2D eigenvalue weighted by Gasteiger charge is 2.32. The van der Waals surface area contributed by atoms with Gasteiger partial charge < -0.3 is 10.2 Å². The van der Waals surface area contributed by atoms with Crippen molar-refractivity contribution < 1.29 is 9.59 Å². The molecule has 0 aromatic carbocycles. The molecule has 0 radical (unpaired) electrons. The van der Waals surface area contributed by atoms with Crippen LogP contribution in [0.4, 0.5) is 0 Å². The van der Waals surface area contributed by atoms with E-state index >= 15 is 0 Å². The van der Waals surface area contributed by atoms with Gasteiger partial charge in [0.25, 0.3) is 5.91 Å². The molecule has 2 aromatic heterocycles. The number of likely N-dealkylation sites (tertiary alicyclic amines) is 2. The van der Waals surface area contributed by atoms with Crippen LogP contribution in [0.5, 0.6) is 0 Å². The summed E-state index contributed by atoms with van der Waals surface area (Å²) in [6.07, 6.45) is 7.42. The number of thiazole rings is 1. The Kier molecular flexibility index (Phi) is 6.51. The lowest BCUT2D eigenvalue weighted by atomic mass is 9.93. The Balaban J connectivity index is 1.25. The molecule has 2 amide bonds. The van der Waals surface area contributed by atoms with Crippen molar-refractivity contribution in [2.24, 2.45) is 5.92 Å². The minimum absolute atomic E-state index is 0.0371. The molecule has 0 aliphatic carbocycles. The Hall–Kier alpha value is -2.32. The highest BCUT2D eigenvalue weighted by Crippen LogP contribution is 2.25. The van der Waals surface area contributed by atoms with Gasteiger partial charge in [0.15, 0.2) is 0 Å². The third-order valence-electron chi connectivity index (χ3n) is 5.93. The third kappa shape index (κ3) is 5.00. The number of carbonyl (C=O) groups excluding carboxylic acids is 2. The zero-order valence-electron chi connectivity index (χ0n) is 16.5. The number of piperidine rings is 2. The Morgan fingerprint density at radius 3 is 2.79 bits per heavy atom. The largest absolute Gasteiger partial charge is 0.352 e. The molecule has 0 spiro atoms. The van der Waals surface area contributed by atoms with E-state index in [1.54, 1.807) is 17.9 Å². The highest BCUT2D eigenvalue weighted by molar-refractivity contribution is 7.07. The molecule has 2 fully saturated rings. The van der Waals surface area contributed by atoms with E-state index in [-0.39, 0.29) is 17.7 Å². The maximum absolute atomic E-state index is 12.7. The number of carbonyl (C=O) groups is 2. The van der Waals surface area contributed by atoms with E-state index in [1.807, 2.05) is 22.4 Å². The maximum Gasteiger partial charge on any atom is 0.273 e. The van der Waals surface area contributed by atoms with E-state index < -0.39 is 0 Å². The molecule has 4 rings (SSSR count). The van der Waals surface area contributed by atoms with Crippen molar-refractivity contribution >= 4 is 23.2 Å². The van der Waals surface area contributed by atoms with Crippen LogP contribution in [-0.2, 0) is 11.3 Å². The summed E-state index contributed by atoms with van der Waals surface area (Å²) in [6.45, 7) is 3.89. The molecule has 0 saturated carbocycles. The normalized spacial score (nSPS) is 21.1. The van der Waals surface area contributed by atoms with Crippen LogP contribution in [-0.4, -0.2) is 63.8 Å². The molecule has 8 heteroatoms. The molecule has 2 aliphatic rings. The van der Waals surface area contributed by atoms with Gasteiger partial charge in [-0.25, -0.2) is 4.98 Å². The molecule has 7 nitrogen and oxygen atoms in total. The van der Waals surface area contributed by atoms with Crippen molar-refractivity contribution in [3.05, 3.63) is 46.7 Å². The highest BCUT2D eigenvalue weighted by atomic mass is 32.1. The van der Waals surface area contributed by atoms with Crippen LogP contribution in [0.15, 0.2) is 35.4 Å². The zero-order valence-corrected chi connectivity index (χ0v) is 17.3. The summed E-state index contributed by atoms with van der Waals surface area (Å²) in [5.74, 6) is 0.209. The van der Waals surface area contributed by atoms with E-state index in [0.717, 1.165) is 57.4 Å². The van der Waals surface area contributed by atoms with Crippen molar-refractivity contribution in [2.45, 2.75) is 38.3 Å². The third-order valence-corrected chi connectivity index (χ3v) is 6.52. The second kappa shape index (κ2) is 9.45. The van der Waals surface area contributed by atoms with Crippen molar-refractivity contribution in [3.63, 3.8) is 0 Å². The first-order chi connectivity index (χ1) is 14.2.